The van der Waals surface area contributed by atoms with E-state index in [2.05, 4.69) is 41.5 Å². The van der Waals surface area contributed by atoms with Crippen molar-refractivity contribution in [2.45, 2.75) is 445 Å². The monoisotopic (exact) mass is 1470 g/mol. The summed E-state index contributed by atoms with van der Waals surface area (Å²) in [5.74, 6) is -0.487. The summed E-state index contributed by atoms with van der Waals surface area (Å²) in [6.07, 6.45) is 62.4. The van der Waals surface area contributed by atoms with E-state index in [9.17, 15) is 43.2 Å². The lowest BCUT2D eigenvalue weighted by atomic mass is 9.99. The van der Waals surface area contributed by atoms with Crippen LogP contribution in [0.2, 0.25) is 0 Å². The average molecular weight is 1470 g/mol. The predicted molar refractivity (Wildman–Crippen MR) is 409 cm³/mol. The third-order valence-corrected chi connectivity index (χ3v) is 21.2. The van der Waals surface area contributed by atoms with E-state index in [1.165, 1.54) is 244 Å². The fourth-order valence-corrected chi connectivity index (χ4v) is 14.1. The summed E-state index contributed by atoms with van der Waals surface area (Å²) in [4.78, 5) is 72.9. The van der Waals surface area contributed by atoms with E-state index in [4.69, 9.17) is 37.0 Å². The molecule has 0 aliphatic heterocycles. The number of aliphatic hydroxyl groups is 1. The van der Waals surface area contributed by atoms with Gasteiger partial charge in [-0.3, -0.25) is 37.3 Å². The van der Waals surface area contributed by atoms with Gasteiger partial charge in [0.1, 0.15) is 19.3 Å². The maximum Gasteiger partial charge on any atom is 0.472 e. The first-order chi connectivity index (χ1) is 48.4. The van der Waals surface area contributed by atoms with Crippen LogP contribution in [0, 0.1) is 11.8 Å². The van der Waals surface area contributed by atoms with Gasteiger partial charge < -0.3 is 33.8 Å². The average Bonchev–Trinajstić information content (AvgIpc) is 0.923. The number of phosphoric ester groups is 2. The molecule has 0 saturated carbocycles. The highest BCUT2D eigenvalue weighted by Gasteiger charge is 2.30. The van der Waals surface area contributed by atoms with Gasteiger partial charge in [0.05, 0.1) is 26.4 Å². The van der Waals surface area contributed by atoms with Gasteiger partial charge in [-0.1, -0.05) is 375 Å². The summed E-state index contributed by atoms with van der Waals surface area (Å²) in [5.41, 5.74) is 0. The second-order valence-corrected chi connectivity index (χ2v) is 32.8. The van der Waals surface area contributed by atoms with Crippen molar-refractivity contribution < 1.29 is 80.2 Å². The van der Waals surface area contributed by atoms with Crippen LogP contribution in [0.3, 0.4) is 0 Å². The first kappa shape index (κ1) is 98.1. The molecule has 0 amide bonds. The Morgan fingerprint density at radius 2 is 0.510 bits per heavy atom. The van der Waals surface area contributed by atoms with E-state index in [1.807, 2.05) is 0 Å². The molecule has 0 fully saturated rings. The van der Waals surface area contributed by atoms with Gasteiger partial charge in [-0.05, 0) is 37.5 Å². The molecule has 100 heavy (non-hydrogen) atoms. The van der Waals surface area contributed by atoms with Crippen LogP contribution in [-0.2, 0) is 65.4 Å². The Balaban J connectivity index is 5.20. The minimum atomic E-state index is -4.96. The summed E-state index contributed by atoms with van der Waals surface area (Å²) in [5, 5.41) is 10.6. The SMILES string of the molecule is CCCCCCCCCCCCCCCCCCC(=O)OC[C@H](COP(=O)(O)OC[C@@H](O)COP(=O)(O)OC[C@@H](COC(=O)CCCCCCCCCCC)OC(=O)CCCCCCCCCCCCC(C)C)OC(=O)CCCCCCCCCCCCCCCCCCCCC(C)CC. The van der Waals surface area contributed by atoms with Crippen molar-refractivity contribution in [3.63, 3.8) is 0 Å². The molecule has 0 aromatic carbocycles. The van der Waals surface area contributed by atoms with Crippen LogP contribution >= 0.6 is 15.6 Å². The molecule has 0 heterocycles. The van der Waals surface area contributed by atoms with Gasteiger partial charge in [0.15, 0.2) is 12.2 Å². The number of esters is 4. The molecule has 0 aromatic rings. The smallest absolute Gasteiger partial charge is 0.462 e. The Morgan fingerprint density at radius 3 is 0.760 bits per heavy atom. The fraction of sp³-hybridized carbons (Fsp3) is 0.951. The Labute approximate surface area is 613 Å². The normalized spacial score (nSPS) is 14.2. The molecule has 594 valence electrons. The van der Waals surface area contributed by atoms with E-state index in [1.54, 1.807) is 0 Å². The van der Waals surface area contributed by atoms with Crippen molar-refractivity contribution in [1.82, 2.24) is 0 Å². The maximum absolute atomic E-state index is 13.1. The van der Waals surface area contributed by atoms with Crippen molar-refractivity contribution in [3.05, 3.63) is 0 Å². The number of unbranched alkanes of at least 4 members (excludes halogenated alkanes) is 49. The maximum atomic E-state index is 13.1. The third-order valence-electron chi connectivity index (χ3n) is 19.3. The van der Waals surface area contributed by atoms with Crippen molar-refractivity contribution in [2.24, 2.45) is 11.8 Å². The number of hydrogen-bond donors (Lipinski definition) is 3. The van der Waals surface area contributed by atoms with E-state index >= 15 is 0 Å². The largest absolute Gasteiger partial charge is 0.472 e. The van der Waals surface area contributed by atoms with Crippen molar-refractivity contribution >= 4 is 39.5 Å². The highest BCUT2D eigenvalue weighted by Crippen LogP contribution is 2.45. The topological polar surface area (TPSA) is 237 Å². The lowest BCUT2D eigenvalue weighted by Crippen LogP contribution is -2.30. The van der Waals surface area contributed by atoms with Crippen molar-refractivity contribution in [1.29, 1.82) is 0 Å². The van der Waals surface area contributed by atoms with Crippen LogP contribution in [0.4, 0.5) is 0 Å². The molecule has 19 heteroatoms. The molecular weight excluding hydrogens is 1310 g/mol. The molecule has 0 aliphatic rings. The van der Waals surface area contributed by atoms with Gasteiger partial charge in [-0.15, -0.1) is 0 Å². The van der Waals surface area contributed by atoms with E-state index in [-0.39, 0.29) is 25.7 Å². The molecule has 0 spiro atoms. The minimum Gasteiger partial charge on any atom is -0.462 e. The predicted octanol–water partition coefficient (Wildman–Crippen LogP) is 24.3. The van der Waals surface area contributed by atoms with Crippen LogP contribution in [0.1, 0.15) is 427 Å². The third kappa shape index (κ3) is 73.0. The van der Waals surface area contributed by atoms with Gasteiger partial charge in [-0.25, -0.2) is 9.13 Å². The van der Waals surface area contributed by atoms with E-state index < -0.39 is 97.5 Å². The lowest BCUT2D eigenvalue weighted by Gasteiger charge is -2.21. The zero-order valence-corrected chi connectivity index (χ0v) is 67.3. The molecule has 6 atom stereocenters. The number of ether oxygens (including phenoxy) is 4. The van der Waals surface area contributed by atoms with Crippen molar-refractivity contribution in [3.8, 4) is 0 Å². The quantitative estimate of drug-likeness (QED) is 0.0222. The molecule has 17 nitrogen and oxygen atoms in total. The van der Waals surface area contributed by atoms with Crippen LogP contribution in [-0.4, -0.2) is 96.7 Å². The van der Waals surface area contributed by atoms with E-state index in [0.717, 1.165) is 102 Å². The number of carbonyl (C=O) groups excluding carboxylic acids is 4. The zero-order valence-electron chi connectivity index (χ0n) is 65.5. The number of carbonyl (C=O) groups is 4. The molecular formula is C81H158O17P2. The highest BCUT2D eigenvalue weighted by molar-refractivity contribution is 7.47. The summed E-state index contributed by atoms with van der Waals surface area (Å²) in [6, 6.07) is 0. The van der Waals surface area contributed by atoms with Gasteiger partial charge in [0.2, 0.25) is 0 Å². The van der Waals surface area contributed by atoms with Crippen LogP contribution in [0.15, 0.2) is 0 Å². The molecule has 0 saturated heterocycles. The standard InChI is InChI=1S/C81H158O17P2/c1-7-10-12-14-16-18-19-20-21-27-30-33-40-46-52-58-64-79(84)92-70-77(97-80(85)65-59-53-47-41-34-31-28-25-23-22-24-26-29-32-39-44-50-56-62-74(6)9-3)72-96-100(89,90)94-68-75(82)67-93-99(87,88)95-71-76(69-91-78(83)63-57-51-45-37-17-15-13-11-8-2)98-81(86)66-60-54-48-42-36-35-38-43-49-55-61-73(4)5/h73-77,82H,7-72H2,1-6H3,(H,87,88)(H,89,90)/t74?,75-,76+,77+/m0/s1. The van der Waals surface area contributed by atoms with Gasteiger partial charge in [0, 0.05) is 25.7 Å². The molecule has 0 rings (SSSR count). The molecule has 0 aliphatic carbocycles. The minimum absolute atomic E-state index is 0.106. The summed E-state index contributed by atoms with van der Waals surface area (Å²) < 4.78 is 68.7. The number of rotatable bonds is 80. The van der Waals surface area contributed by atoms with Crippen LogP contribution in [0.5, 0.6) is 0 Å². The first-order valence-corrected chi connectivity index (χ1v) is 45.0. The summed E-state index contributed by atoms with van der Waals surface area (Å²) in [6.45, 7) is 9.67. The number of phosphoric acid groups is 2. The second-order valence-electron chi connectivity index (χ2n) is 29.9. The fourth-order valence-electron chi connectivity index (χ4n) is 12.5. The Hall–Kier alpha value is -1.94. The zero-order chi connectivity index (χ0) is 73.5. The Morgan fingerprint density at radius 1 is 0.290 bits per heavy atom. The van der Waals surface area contributed by atoms with E-state index in [0.29, 0.717) is 25.7 Å². The Kier molecular flexibility index (Phi) is 71.2. The molecule has 0 aromatic heterocycles. The summed E-state index contributed by atoms with van der Waals surface area (Å²) >= 11 is 0. The van der Waals surface area contributed by atoms with Crippen molar-refractivity contribution in [2.75, 3.05) is 39.6 Å². The lowest BCUT2D eigenvalue weighted by molar-refractivity contribution is -0.161. The van der Waals surface area contributed by atoms with Gasteiger partial charge in [-0.2, -0.15) is 0 Å². The van der Waals surface area contributed by atoms with Crippen LogP contribution in [0.25, 0.3) is 0 Å². The summed E-state index contributed by atoms with van der Waals surface area (Å²) in [7, 11) is -9.92. The molecule has 3 N–H and O–H groups in total. The molecule has 0 bridgehead atoms. The highest BCUT2D eigenvalue weighted by atomic mass is 31.2. The molecule has 0 radical (unpaired) electrons. The first-order valence-electron chi connectivity index (χ1n) is 42.0. The number of aliphatic hydroxyl groups excluding tert-OH is 1. The molecule has 3 unspecified atom stereocenters. The van der Waals surface area contributed by atoms with Crippen LogP contribution < -0.4 is 0 Å². The van der Waals surface area contributed by atoms with Gasteiger partial charge in [0.25, 0.3) is 0 Å². The second kappa shape index (κ2) is 72.6. The Bertz CT molecular complexity index is 1930. The number of hydrogen-bond acceptors (Lipinski definition) is 15. The van der Waals surface area contributed by atoms with Gasteiger partial charge >= 0.3 is 39.5 Å².